The molecule has 0 saturated carbocycles. The Kier molecular flexibility index (Phi) is 3.01. The number of hydrogen-bond acceptors (Lipinski definition) is 1. The lowest BCUT2D eigenvalue weighted by atomic mass is 9.97. The lowest BCUT2D eigenvalue weighted by Gasteiger charge is -2.14. The summed E-state index contributed by atoms with van der Waals surface area (Å²) in [5.41, 5.74) is 3.54. The summed E-state index contributed by atoms with van der Waals surface area (Å²) in [6.45, 7) is 0.965. The van der Waals surface area contributed by atoms with E-state index in [-0.39, 0.29) is 0 Å². The summed E-state index contributed by atoms with van der Waals surface area (Å²) in [6, 6.07) is 12.5. The van der Waals surface area contributed by atoms with Gasteiger partial charge in [0, 0.05) is 30.4 Å². The molecule has 0 atom stereocenters. The van der Waals surface area contributed by atoms with Crippen LogP contribution >= 0.6 is 0 Å². The summed E-state index contributed by atoms with van der Waals surface area (Å²) >= 11 is 0. The maximum atomic E-state index is 11.8. The second-order valence-electron chi connectivity index (χ2n) is 4.88. The summed E-state index contributed by atoms with van der Waals surface area (Å²) in [7, 11) is 0. The van der Waals surface area contributed by atoms with Crippen LogP contribution in [0.4, 0.5) is 0 Å². The van der Waals surface area contributed by atoms with E-state index in [9.17, 15) is 4.79 Å². The van der Waals surface area contributed by atoms with Gasteiger partial charge in [0.25, 0.3) is 0 Å². The van der Waals surface area contributed by atoms with Gasteiger partial charge in [0.2, 0.25) is 0 Å². The minimum atomic E-state index is 0.315. The Morgan fingerprint density at radius 1 is 1.06 bits per heavy atom. The van der Waals surface area contributed by atoms with Crippen LogP contribution in [0.15, 0.2) is 42.6 Å². The number of nitrogens with zero attached hydrogens (tertiary/aromatic N) is 1. The van der Waals surface area contributed by atoms with Gasteiger partial charge in [-0.25, -0.2) is 0 Å². The Hall–Kier alpha value is -1.83. The van der Waals surface area contributed by atoms with Gasteiger partial charge < -0.3 is 4.57 Å². The SMILES string of the molecule is O=C1CCCc2c1ccn2CCc1ccccc1. The third-order valence-electron chi connectivity index (χ3n) is 3.68. The van der Waals surface area contributed by atoms with Gasteiger partial charge in [-0.3, -0.25) is 4.79 Å². The highest BCUT2D eigenvalue weighted by atomic mass is 16.1. The van der Waals surface area contributed by atoms with Crippen molar-refractivity contribution in [1.82, 2.24) is 4.57 Å². The standard InChI is InChI=1S/C16H17NO/c18-16-8-4-7-15-14(16)10-12-17(15)11-9-13-5-2-1-3-6-13/h1-3,5-6,10,12H,4,7-9,11H2. The van der Waals surface area contributed by atoms with Crippen LogP contribution in [0.1, 0.15) is 34.5 Å². The number of aromatic nitrogens is 1. The fourth-order valence-electron chi connectivity index (χ4n) is 2.69. The van der Waals surface area contributed by atoms with E-state index in [0.717, 1.165) is 37.8 Å². The van der Waals surface area contributed by atoms with Gasteiger partial charge in [0.1, 0.15) is 0 Å². The van der Waals surface area contributed by atoms with E-state index in [1.54, 1.807) is 0 Å². The van der Waals surface area contributed by atoms with Crippen molar-refractivity contribution in [2.45, 2.75) is 32.2 Å². The number of Topliss-reactive ketones (excluding diaryl/α,β-unsaturated/α-hetero) is 1. The maximum Gasteiger partial charge on any atom is 0.164 e. The molecule has 1 aromatic carbocycles. The molecule has 1 aliphatic carbocycles. The van der Waals surface area contributed by atoms with Gasteiger partial charge in [-0.1, -0.05) is 30.3 Å². The molecule has 1 aromatic heterocycles. The van der Waals surface area contributed by atoms with Gasteiger partial charge >= 0.3 is 0 Å². The van der Waals surface area contributed by atoms with Crippen molar-refractivity contribution in [2.75, 3.05) is 0 Å². The summed E-state index contributed by atoms with van der Waals surface area (Å²) in [5.74, 6) is 0.315. The van der Waals surface area contributed by atoms with E-state index >= 15 is 0 Å². The van der Waals surface area contributed by atoms with Crippen LogP contribution in [0.25, 0.3) is 0 Å². The smallest absolute Gasteiger partial charge is 0.164 e. The minimum Gasteiger partial charge on any atom is -0.350 e. The van der Waals surface area contributed by atoms with Crippen LogP contribution in [0.2, 0.25) is 0 Å². The number of carbonyl (C=O) groups excluding carboxylic acids is 1. The Balaban J connectivity index is 1.76. The van der Waals surface area contributed by atoms with Crippen molar-refractivity contribution < 1.29 is 4.79 Å². The summed E-state index contributed by atoms with van der Waals surface area (Å²) in [5, 5.41) is 0. The largest absolute Gasteiger partial charge is 0.350 e. The number of rotatable bonds is 3. The Morgan fingerprint density at radius 3 is 2.72 bits per heavy atom. The topological polar surface area (TPSA) is 22.0 Å². The molecular formula is C16H17NO. The average molecular weight is 239 g/mol. The molecule has 2 nitrogen and oxygen atoms in total. The number of aryl methyl sites for hydroxylation is 2. The van der Waals surface area contributed by atoms with Gasteiger partial charge in [-0.2, -0.15) is 0 Å². The number of carbonyl (C=O) groups is 1. The first kappa shape index (κ1) is 11.3. The van der Waals surface area contributed by atoms with Crippen LogP contribution in [0.3, 0.4) is 0 Å². The summed E-state index contributed by atoms with van der Waals surface area (Å²) in [6.07, 6.45) is 5.85. The third kappa shape index (κ3) is 2.10. The average Bonchev–Trinajstić information content (AvgIpc) is 2.82. The predicted octanol–water partition coefficient (Wildman–Crippen LogP) is 3.25. The van der Waals surface area contributed by atoms with Crippen molar-refractivity contribution >= 4 is 5.78 Å². The molecule has 2 aromatic rings. The number of ketones is 1. The zero-order valence-corrected chi connectivity index (χ0v) is 10.4. The normalized spacial score (nSPS) is 14.6. The van der Waals surface area contributed by atoms with Crippen LogP contribution in [0.5, 0.6) is 0 Å². The Labute approximate surface area is 107 Å². The zero-order chi connectivity index (χ0) is 12.4. The number of fused-ring (bicyclic) bond motifs is 1. The van der Waals surface area contributed by atoms with Crippen molar-refractivity contribution in [3.63, 3.8) is 0 Å². The molecule has 0 saturated heterocycles. The van der Waals surface area contributed by atoms with Crippen LogP contribution in [0, 0.1) is 0 Å². The summed E-state index contributed by atoms with van der Waals surface area (Å²) < 4.78 is 2.25. The lowest BCUT2D eigenvalue weighted by molar-refractivity contribution is 0.0972. The quantitative estimate of drug-likeness (QED) is 0.806. The molecule has 2 heteroatoms. The first-order valence-electron chi connectivity index (χ1n) is 6.60. The van der Waals surface area contributed by atoms with Crippen LogP contribution in [-0.4, -0.2) is 10.4 Å². The fraction of sp³-hybridized carbons (Fsp3) is 0.312. The molecule has 0 spiro atoms. The minimum absolute atomic E-state index is 0.315. The number of hydrogen-bond donors (Lipinski definition) is 0. The van der Waals surface area contributed by atoms with Crippen molar-refractivity contribution in [1.29, 1.82) is 0 Å². The van der Waals surface area contributed by atoms with Crippen LogP contribution in [-0.2, 0) is 19.4 Å². The van der Waals surface area contributed by atoms with Gasteiger partial charge in [0.15, 0.2) is 5.78 Å². The maximum absolute atomic E-state index is 11.8. The second kappa shape index (κ2) is 4.81. The molecule has 18 heavy (non-hydrogen) atoms. The Bertz CT molecular complexity index is 554. The number of benzene rings is 1. The molecule has 0 unspecified atom stereocenters. The molecule has 0 N–H and O–H groups in total. The third-order valence-corrected chi connectivity index (χ3v) is 3.68. The van der Waals surface area contributed by atoms with Gasteiger partial charge in [-0.05, 0) is 30.9 Å². The molecule has 0 radical (unpaired) electrons. The zero-order valence-electron chi connectivity index (χ0n) is 10.4. The van der Waals surface area contributed by atoms with Crippen molar-refractivity contribution in [2.24, 2.45) is 0 Å². The van der Waals surface area contributed by atoms with E-state index in [0.29, 0.717) is 5.78 Å². The van der Waals surface area contributed by atoms with Gasteiger partial charge in [-0.15, -0.1) is 0 Å². The predicted molar refractivity (Wildman–Crippen MR) is 71.8 cm³/mol. The van der Waals surface area contributed by atoms with Crippen LogP contribution < -0.4 is 0 Å². The highest BCUT2D eigenvalue weighted by Crippen LogP contribution is 2.22. The highest BCUT2D eigenvalue weighted by Gasteiger charge is 2.20. The molecule has 92 valence electrons. The van der Waals surface area contributed by atoms with E-state index in [1.165, 1.54) is 11.3 Å². The van der Waals surface area contributed by atoms with E-state index in [2.05, 4.69) is 35.0 Å². The second-order valence-corrected chi connectivity index (χ2v) is 4.88. The van der Waals surface area contributed by atoms with Crippen molar-refractivity contribution in [3.8, 4) is 0 Å². The lowest BCUT2D eigenvalue weighted by Crippen LogP contribution is -2.13. The molecule has 1 heterocycles. The molecular weight excluding hydrogens is 222 g/mol. The molecule has 0 amide bonds. The molecule has 0 fully saturated rings. The summed E-state index contributed by atoms with van der Waals surface area (Å²) in [4.78, 5) is 11.8. The van der Waals surface area contributed by atoms with Gasteiger partial charge in [0.05, 0.1) is 0 Å². The van der Waals surface area contributed by atoms with Crippen molar-refractivity contribution in [3.05, 3.63) is 59.4 Å². The monoisotopic (exact) mass is 239 g/mol. The highest BCUT2D eigenvalue weighted by molar-refractivity contribution is 5.98. The Morgan fingerprint density at radius 2 is 1.89 bits per heavy atom. The first-order valence-corrected chi connectivity index (χ1v) is 6.60. The molecule has 1 aliphatic rings. The molecule has 0 bridgehead atoms. The van der Waals surface area contributed by atoms with E-state index < -0.39 is 0 Å². The van der Waals surface area contributed by atoms with E-state index in [4.69, 9.17) is 0 Å². The molecule has 0 aliphatic heterocycles. The molecule has 3 rings (SSSR count). The fourth-order valence-corrected chi connectivity index (χ4v) is 2.69. The first-order chi connectivity index (χ1) is 8.84. The van der Waals surface area contributed by atoms with E-state index in [1.807, 2.05) is 12.1 Å².